The first kappa shape index (κ1) is 39.2. The molecule has 2 aliphatic carbocycles. The molecule has 1 spiro atoms. The molecule has 2 bridgehead atoms. The summed E-state index contributed by atoms with van der Waals surface area (Å²) >= 11 is 6.53. The van der Waals surface area contributed by atoms with Crippen LogP contribution in [0.25, 0.3) is 0 Å². The van der Waals surface area contributed by atoms with Crippen LogP contribution in [0.3, 0.4) is 0 Å². The smallest absolute Gasteiger partial charge is 0.264 e. The van der Waals surface area contributed by atoms with Crippen LogP contribution >= 0.6 is 11.6 Å². The van der Waals surface area contributed by atoms with Crippen molar-refractivity contribution in [1.82, 2.24) is 14.5 Å². The quantitative estimate of drug-likeness (QED) is 0.318. The lowest BCUT2D eigenvalue weighted by Gasteiger charge is -2.53. The maximum Gasteiger partial charge on any atom is 0.264 e. The number of halogens is 1. The number of nitrogens with zero attached hydrogens (tertiary/aromatic N) is 3. The second-order valence-electron chi connectivity index (χ2n) is 17.7. The molecule has 1 saturated carbocycles. The normalized spacial score (nSPS) is 34.6. The van der Waals surface area contributed by atoms with Crippen molar-refractivity contribution in [3.05, 3.63) is 70.3 Å². The second-order valence-corrected chi connectivity index (χ2v) is 20.1. The van der Waals surface area contributed by atoms with E-state index < -0.39 is 26.8 Å². The highest BCUT2D eigenvalue weighted by atomic mass is 35.5. The van der Waals surface area contributed by atoms with E-state index in [9.17, 15) is 13.2 Å². The Labute approximate surface area is 334 Å². The van der Waals surface area contributed by atoms with E-state index in [1.165, 1.54) is 36.9 Å². The number of methoxy groups -OCH3 is 1. The fraction of sp³-hybridized carbons (Fsp3) is 0.659. The van der Waals surface area contributed by atoms with Crippen molar-refractivity contribution in [3.63, 3.8) is 0 Å². The lowest BCUT2D eigenvalue weighted by molar-refractivity contribution is -0.100. The average molecular weight is 794 g/mol. The Morgan fingerprint density at radius 1 is 1.04 bits per heavy atom. The predicted molar refractivity (Wildman–Crippen MR) is 220 cm³/mol. The minimum absolute atomic E-state index is 0.188. The number of benzene rings is 2. The summed E-state index contributed by atoms with van der Waals surface area (Å²) in [5, 5.41) is 0.0539. The highest BCUT2D eigenvalue weighted by Crippen LogP contribution is 2.49. The van der Waals surface area contributed by atoms with Crippen LogP contribution in [-0.4, -0.2) is 101 Å². The van der Waals surface area contributed by atoms with E-state index in [4.69, 9.17) is 21.1 Å². The minimum atomic E-state index is -3.97. The summed E-state index contributed by atoms with van der Waals surface area (Å²) in [6.45, 7) is 11.3. The number of hydrogen-bond donors (Lipinski definition) is 1. The Morgan fingerprint density at radius 3 is 2.71 bits per heavy atom. The Bertz CT molecular complexity index is 1870. The number of allylic oxidation sites excluding steroid dienone is 1. The third-order valence-corrected chi connectivity index (χ3v) is 16.5. The van der Waals surface area contributed by atoms with Gasteiger partial charge in [-0.1, -0.05) is 56.5 Å². The average Bonchev–Trinajstić information content (AvgIpc) is 3.31. The standard InChI is InChI=1S/C44H61ClN4O5S/c1-4-9-41-31(2)10-7-20-44(53-3,29-47-22-23-48-21-6-5-12-36(48)27-47)38-16-13-34(38)26-49-28-43(19-8-11-32-24-35(45)15-17-37(32)43)30-54-40-18-14-33(25-39(40)49)42(50)46-55(41,51)52/h7,14-15,17-18,20,24-25,31,34,36,38,41H,4-6,8-13,16,19,21-23,26-30H2,1-3H3,(H,46,50)/b20-7+/t31-,34-,36+,38+,41+,43-,44+/m0/s1. The fourth-order valence-electron chi connectivity index (χ4n) is 11.2. The van der Waals surface area contributed by atoms with Crippen LogP contribution in [0.1, 0.15) is 99.5 Å². The van der Waals surface area contributed by atoms with Gasteiger partial charge in [-0.05, 0) is 124 Å². The van der Waals surface area contributed by atoms with E-state index in [2.05, 4.69) is 43.7 Å². The molecule has 0 aromatic heterocycles. The molecule has 2 aromatic carbocycles. The number of piperidine rings is 1. The lowest BCUT2D eigenvalue weighted by atomic mass is 9.63. The van der Waals surface area contributed by atoms with Crippen LogP contribution in [0.15, 0.2) is 48.6 Å². The Kier molecular flexibility index (Phi) is 11.4. The van der Waals surface area contributed by atoms with Crippen molar-refractivity contribution >= 4 is 33.2 Å². The van der Waals surface area contributed by atoms with Gasteiger partial charge < -0.3 is 14.4 Å². The molecule has 1 N–H and O–H groups in total. The van der Waals surface area contributed by atoms with Gasteiger partial charge in [0.2, 0.25) is 10.0 Å². The van der Waals surface area contributed by atoms with E-state index in [0.29, 0.717) is 43.4 Å². The highest BCUT2D eigenvalue weighted by Gasteiger charge is 2.50. The third-order valence-electron chi connectivity index (χ3n) is 14.3. The van der Waals surface area contributed by atoms with Gasteiger partial charge >= 0.3 is 0 Å². The van der Waals surface area contributed by atoms with E-state index in [0.717, 1.165) is 87.8 Å². The zero-order valence-electron chi connectivity index (χ0n) is 33.1. The summed E-state index contributed by atoms with van der Waals surface area (Å²) in [4.78, 5) is 21.7. The molecule has 0 unspecified atom stereocenters. The van der Waals surface area contributed by atoms with Gasteiger partial charge in [0.15, 0.2) is 0 Å². The molecular formula is C44H61ClN4O5S. The molecule has 2 saturated heterocycles. The van der Waals surface area contributed by atoms with Crippen molar-refractivity contribution in [2.24, 2.45) is 17.8 Å². The maximum absolute atomic E-state index is 14.0. The van der Waals surface area contributed by atoms with Crippen molar-refractivity contribution in [1.29, 1.82) is 0 Å². The Balaban J connectivity index is 1.20. The number of rotatable bonds is 5. The number of sulfonamides is 1. The molecule has 0 radical (unpaired) electrons. The van der Waals surface area contributed by atoms with Crippen molar-refractivity contribution in [3.8, 4) is 5.75 Å². The van der Waals surface area contributed by atoms with Crippen molar-refractivity contribution in [2.75, 3.05) is 64.4 Å². The zero-order chi connectivity index (χ0) is 38.4. The van der Waals surface area contributed by atoms with Gasteiger partial charge in [0.1, 0.15) is 11.4 Å². The molecule has 4 aliphatic heterocycles. The molecule has 300 valence electrons. The van der Waals surface area contributed by atoms with Crippen LogP contribution in [0.4, 0.5) is 5.69 Å². The summed E-state index contributed by atoms with van der Waals surface area (Å²) in [5.41, 5.74) is 2.99. The predicted octanol–water partition coefficient (Wildman–Crippen LogP) is 7.22. The number of hydrogen-bond acceptors (Lipinski definition) is 8. The van der Waals surface area contributed by atoms with Crippen molar-refractivity contribution < 1.29 is 22.7 Å². The van der Waals surface area contributed by atoms with Crippen LogP contribution in [0, 0.1) is 17.8 Å². The number of anilines is 1. The van der Waals surface area contributed by atoms with Crippen LogP contribution in [0.5, 0.6) is 5.75 Å². The Morgan fingerprint density at radius 2 is 1.91 bits per heavy atom. The highest BCUT2D eigenvalue weighted by molar-refractivity contribution is 7.90. The van der Waals surface area contributed by atoms with Gasteiger partial charge in [-0.3, -0.25) is 14.6 Å². The first-order valence-corrected chi connectivity index (χ1v) is 23.0. The van der Waals surface area contributed by atoms with Crippen LogP contribution < -0.4 is 14.4 Å². The number of amides is 1. The molecule has 55 heavy (non-hydrogen) atoms. The SMILES string of the molecule is CCC[C@@H]1[C@@H](C)C/C=C/[C@](CN2CCN3CCCC[C@@H]3C2)(OC)[C@@H]2CC[C@H]2CN2C[C@@]3(CCCc4cc(Cl)ccc43)COc3ccc(cc32)C(=O)NS1(=O)=O. The van der Waals surface area contributed by atoms with E-state index in [1.807, 2.05) is 39.2 Å². The summed E-state index contributed by atoms with van der Waals surface area (Å²) in [7, 11) is -2.08. The van der Waals surface area contributed by atoms with Gasteiger partial charge in [0.05, 0.1) is 17.5 Å². The number of nitrogens with one attached hydrogen (secondary N) is 1. The summed E-state index contributed by atoms with van der Waals surface area (Å²) in [6, 6.07) is 12.4. The second kappa shape index (κ2) is 16.0. The van der Waals surface area contributed by atoms with E-state index in [-0.39, 0.29) is 17.3 Å². The molecule has 4 heterocycles. The van der Waals surface area contributed by atoms with Gasteiger partial charge in [-0.25, -0.2) is 13.1 Å². The summed E-state index contributed by atoms with van der Waals surface area (Å²) in [5.74, 6) is 0.590. The number of carbonyl (C=O) groups excluding carboxylic acids is 1. The molecule has 7 atom stereocenters. The number of carbonyl (C=O) groups is 1. The van der Waals surface area contributed by atoms with E-state index in [1.54, 1.807) is 6.07 Å². The van der Waals surface area contributed by atoms with Gasteiger partial charge in [0.25, 0.3) is 5.91 Å². The van der Waals surface area contributed by atoms with Gasteiger partial charge in [0, 0.05) is 68.4 Å². The third kappa shape index (κ3) is 7.72. The molecule has 6 aliphatic rings. The Hall–Kier alpha value is -2.63. The van der Waals surface area contributed by atoms with Crippen LogP contribution in [0.2, 0.25) is 5.02 Å². The number of ether oxygens (including phenoxy) is 2. The minimum Gasteiger partial charge on any atom is -0.490 e. The number of aryl methyl sites for hydroxylation is 1. The lowest BCUT2D eigenvalue weighted by Crippen LogP contribution is -2.61. The first-order valence-electron chi connectivity index (χ1n) is 21.1. The van der Waals surface area contributed by atoms with E-state index >= 15 is 0 Å². The monoisotopic (exact) mass is 792 g/mol. The maximum atomic E-state index is 14.0. The summed E-state index contributed by atoms with van der Waals surface area (Å²) < 4.78 is 44.1. The van der Waals surface area contributed by atoms with Gasteiger partial charge in [-0.15, -0.1) is 0 Å². The number of fused-ring (bicyclic) bond motifs is 5. The zero-order valence-corrected chi connectivity index (χ0v) is 34.7. The van der Waals surface area contributed by atoms with Crippen LogP contribution in [-0.2, 0) is 26.6 Å². The van der Waals surface area contributed by atoms with Gasteiger partial charge in [-0.2, -0.15) is 0 Å². The molecule has 9 nitrogen and oxygen atoms in total. The number of piperazine rings is 1. The topological polar surface area (TPSA) is 91.4 Å². The molecule has 3 fully saturated rings. The summed E-state index contributed by atoms with van der Waals surface area (Å²) in [6.07, 6.45) is 15.3. The first-order chi connectivity index (χ1) is 26.5. The largest absolute Gasteiger partial charge is 0.490 e. The molecular weight excluding hydrogens is 732 g/mol. The molecule has 1 amide bonds. The molecule has 11 heteroatoms. The molecule has 8 rings (SSSR count). The fourth-order valence-corrected chi connectivity index (χ4v) is 13.2. The molecule has 2 aromatic rings. The van der Waals surface area contributed by atoms with Crippen molar-refractivity contribution in [2.45, 2.75) is 107 Å².